The predicted octanol–water partition coefficient (Wildman–Crippen LogP) is 1.74. The highest BCUT2D eigenvalue weighted by Crippen LogP contribution is 2.21. The van der Waals surface area contributed by atoms with Crippen LogP contribution in [-0.2, 0) is 9.53 Å². The number of rotatable bonds is 5. The van der Waals surface area contributed by atoms with Gasteiger partial charge in [-0.2, -0.15) is 0 Å². The fourth-order valence-electron chi connectivity index (χ4n) is 1.47. The summed E-state index contributed by atoms with van der Waals surface area (Å²) in [4.78, 5) is 12.8. The molecule has 0 radical (unpaired) electrons. The van der Waals surface area contributed by atoms with Gasteiger partial charge in [-0.3, -0.25) is 9.69 Å². The first-order valence-electron chi connectivity index (χ1n) is 5.05. The molecule has 4 nitrogen and oxygen atoms in total. The van der Waals surface area contributed by atoms with Crippen LogP contribution >= 0.6 is 0 Å². The van der Waals surface area contributed by atoms with Crippen LogP contribution in [0.25, 0.3) is 0 Å². The normalized spacial score (nSPS) is 18.9. The van der Waals surface area contributed by atoms with Crippen LogP contribution in [-0.4, -0.2) is 23.8 Å². The molecule has 1 atom stereocenters. The number of nitrogens with zero attached hydrogens (tertiary/aromatic N) is 1. The SMILES string of the molecule is C=COC1CC(=O)N1COc1ccccc1. The van der Waals surface area contributed by atoms with Crippen molar-refractivity contribution in [2.75, 3.05) is 6.73 Å². The second-order valence-electron chi connectivity index (χ2n) is 3.41. The van der Waals surface area contributed by atoms with Crippen LogP contribution in [0.15, 0.2) is 43.2 Å². The van der Waals surface area contributed by atoms with Gasteiger partial charge in [0.05, 0.1) is 12.7 Å². The van der Waals surface area contributed by atoms with Crippen molar-refractivity contribution in [2.24, 2.45) is 0 Å². The molecule has 1 amide bonds. The summed E-state index contributed by atoms with van der Waals surface area (Å²) in [5.41, 5.74) is 0. The molecule has 84 valence electrons. The Bertz CT molecular complexity index is 375. The lowest BCUT2D eigenvalue weighted by Gasteiger charge is -2.38. The van der Waals surface area contributed by atoms with Gasteiger partial charge >= 0.3 is 0 Å². The summed E-state index contributed by atoms with van der Waals surface area (Å²) in [6.07, 6.45) is 1.50. The summed E-state index contributed by atoms with van der Waals surface area (Å²) in [5, 5.41) is 0. The van der Waals surface area contributed by atoms with Gasteiger partial charge in [0, 0.05) is 0 Å². The molecule has 1 aromatic rings. The van der Waals surface area contributed by atoms with Crippen molar-refractivity contribution in [2.45, 2.75) is 12.6 Å². The molecule has 4 heteroatoms. The molecular formula is C12H13NO3. The molecule has 0 spiro atoms. The molecule has 1 unspecified atom stereocenters. The molecule has 0 aliphatic carbocycles. The third kappa shape index (κ3) is 2.16. The van der Waals surface area contributed by atoms with Crippen LogP contribution in [0, 0.1) is 0 Å². The van der Waals surface area contributed by atoms with Crippen LogP contribution in [0.1, 0.15) is 6.42 Å². The van der Waals surface area contributed by atoms with Crippen molar-refractivity contribution in [1.82, 2.24) is 4.90 Å². The maximum Gasteiger partial charge on any atom is 0.233 e. The minimum atomic E-state index is -0.228. The van der Waals surface area contributed by atoms with Gasteiger partial charge in [0.15, 0.2) is 13.0 Å². The Morgan fingerprint density at radius 3 is 2.81 bits per heavy atom. The molecule has 1 aliphatic heterocycles. The number of β-lactam (4-membered cyclic amide) rings is 1. The van der Waals surface area contributed by atoms with E-state index in [4.69, 9.17) is 9.47 Å². The first-order chi connectivity index (χ1) is 7.81. The minimum absolute atomic E-state index is 0.0304. The van der Waals surface area contributed by atoms with Crippen LogP contribution < -0.4 is 4.74 Å². The Labute approximate surface area is 94.1 Å². The molecule has 1 fully saturated rings. The zero-order valence-corrected chi connectivity index (χ0v) is 8.83. The maximum atomic E-state index is 11.3. The minimum Gasteiger partial charge on any atom is -0.478 e. The van der Waals surface area contributed by atoms with Gasteiger partial charge in [-0.25, -0.2) is 0 Å². The molecule has 0 aromatic heterocycles. The van der Waals surface area contributed by atoms with Gasteiger partial charge in [-0.15, -0.1) is 0 Å². The Hall–Kier alpha value is -1.97. The first-order valence-corrected chi connectivity index (χ1v) is 5.05. The topological polar surface area (TPSA) is 38.8 Å². The standard InChI is InChI=1S/C12H13NO3/c1-2-15-12-8-11(14)13(12)9-16-10-6-4-3-5-7-10/h2-7,12H,1,8-9H2. The fraction of sp³-hybridized carbons (Fsp3) is 0.250. The molecular weight excluding hydrogens is 206 g/mol. The van der Waals surface area contributed by atoms with Crippen LogP contribution in [0.3, 0.4) is 0 Å². The number of carbonyl (C=O) groups excluding carboxylic acids is 1. The molecule has 2 rings (SSSR count). The first kappa shape index (κ1) is 10.5. The lowest BCUT2D eigenvalue weighted by atomic mass is 10.2. The predicted molar refractivity (Wildman–Crippen MR) is 58.5 cm³/mol. The molecule has 1 aliphatic rings. The van der Waals surface area contributed by atoms with Gasteiger partial charge in [0.2, 0.25) is 5.91 Å². The van der Waals surface area contributed by atoms with Crippen LogP contribution in [0.5, 0.6) is 5.75 Å². The Morgan fingerprint density at radius 1 is 1.44 bits per heavy atom. The molecule has 0 saturated carbocycles. The number of carbonyl (C=O) groups is 1. The van der Waals surface area contributed by atoms with Crippen molar-refractivity contribution in [1.29, 1.82) is 0 Å². The molecule has 1 saturated heterocycles. The molecule has 1 aromatic carbocycles. The van der Waals surface area contributed by atoms with Gasteiger partial charge in [-0.1, -0.05) is 24.8 Å². The van der Waals surface area contributed by atoms with E-state index in [9.17, 15) is 4.79 Å². The summed E-state index contributed by atoms with van der Waals surface area (Å²) in [5.74, 6) is 0.766. The van der Waals surface area contributed by atoms with E-state index in [1.165, 1.54) is 11.2 Å². The maximum absolute atomic E-state index is 11.3. The van der Waals surface area contributed by atoms with Gasteiger partial charge in [0.1, 0.15) is 5.75 Å². The van der Waals surface area contributed by atoms with E-state index in [-0.39, 0.29) is 18.9 Å². The van der Waals surface area contributed by atoms with E-state index in [1.807, 2.05) is 30.3 Å². The van der Waals surface area contributed by atoms with Crippen molar-refractivity contribution < 1.29 is 14.3 Å². The van der Waals surface area contributed by atoms with E-state index in [0.717, 1.165) is 5.75 Å². The van der Waals surface area contributed by atoms with E-state index in [0.29, 0.717) is 6.42 Å². The number of likely N-dealkylation sites (tertiary alicyclic amines) is 1. The monoisotopic (exact) mass is 219 g/mol. The van der Waals surface area contributed by atoms with E-state index < -0.39 is 0 Å². The number of hydrogen-bond donors (Lipinski definition) is 0. The van der Waals surface area contributed by atoms with E-state index >= 15 is 0 Å². The fourth-order valence-corrected chi connectivity index (χ4v) is 1.47. The molecule has 0 bridgehead atoms. The highest BCUT2D eigenvalue weighted by Gasteiger charge is 2.37. The average molecular weight is 219 g/mol. The lowest BCUT2D eigenvalue weighted by Crippen LogP contribution is -2.54. The highest BCUT2D eigenvalue weighted by atomic mass is 16.5. The second kappa shape index (κ2) is 4.70. The Balaban J connectivity index is 1.85. The van der Waals surface area contributed by atoms with Crippen molar-refractivity contribution in [3.8, 4) is 5.75 Å². The number of benzene rings is 1. The summed E-state index contributed by atoms with van der Waals surface area (Å²) >= 11 is 0. The third-order valence-electron chi connectivity index (χ3n) is 2.38. The zero-order chi connectivity index (χ0) is 11.4. The van der Waals surface area contributed by atoms with Crippen LogP contribution in [0.4, 0.5) is 0 Å². The number of para-hydroxylation sites is 1. The van der Waals surface area contributed by atoms with Crippen molar-refractivity contribution in [3.63, 3.8) is 0 Å². The van der Waals surface area contributed by atoms with Crippen molar-refractivity contribution in [3.05, 3.63) is 43.2 Å². The Morgan fingerprint density at radius 2 is 2.19 bits per heavy atom. The smallest absolute Gasteiger partial charge is 0.233 e. The van der Waals surface area contributed by atoms with Gasteiger partial charge < -0.3 is 9.47 Å². The van der Waals surface area contributed by atoms with Gasteiger partial charge in [-0.05, 0) is 12.1 Å². The summed E-state index contributed by atoms with van der Waals surface area (Å²) in [6, 6.07) is 9.35. The van der Waals surface area contributed by atoms with Gasteiger partial charge in [0.25, 0.3) is 0 Å². The Kier molecular flexibility index (Phi) is 3.10. The molecule has 0 N–H and O–H groups in total. The summed E-state index contributed by atoms with van der Waals surface area (Å²) in [7, 11) is 0. The second-order valence-corrected chi connectivity index (χ2v) is 3.41. The van der Waals surface area contributed by atoms with Crippen LogP contribution in [0.2, 0.25) is 0 Å². The molecule has 16 heavy (non-hydrogen) atoms. The number of amides is 1. The quantitative estimate of drug-likeness (QED) is 0.559. The lowest BCUT2D eigenvalue weighted by molar-refractivity contribution is -0.173. The average Bonchev–Trinajstić information content (AvgIpc) is 2.30. The third-order valence-corrected chi connectivity index (χ3v) is 2.38. The summed E-state index contributed by atoms with van der Waals surface area (Å²) < 4.78 is 10.6. The summed E-state index contributed by atoms with van der Waals surface area (Å²) in [6.45, 7) is 3.67. The molecule has 1 heterocycles. The number of hydrogen-bond acceptors (Lipinski definition) is 3. The van der Waals surface area contributed by atoms with E-state index in [2.05, 4.69) is 6.58 Å². The largest absolute Gasteiger partial charge is 0.478 e. The number of ether oxygens (including phenoxy) is 2. The highest BCUT2D eigenvalue weighted by molar-refractivity contribution is 5.82. The zero-order valence-electron chi connectivity index (χ0n) is 8.83. The van der Waals surface area contributed by atoms with Crippen molar-refractivity contribution >= 4 is 5.91 Å². The van der Waals surface area contributed by atoms with E-state index in [1.54, 1.807) is 0 Å².